The van der Waals surface area contributed by atoms with E-state index < -0.39 is 0 Å². The maximum absolute atomic E-state index is 12.5. The summed E-state index contributed by atoms with van der Waals surface area (Å²) in [5.41, 5.74) is 3.90. The van der Waals surface area contributed by atoms with Gasteiger partial charge in [-0.05, 0) is 74.9 Å². The standard InChI is InChI=1S/C29H30B2N4O3/c1-4-23(38-29(3,30)31)16-15-20(2)35-19-32-26(33-35)22-12-9-11-21(18-22)10-7-8-17-34-27(36)24-13-5-6-14-25(24)28(34)37/h1,5-6,9,11-16,18-19H,7-8,10,17,30-31H2,2-3H3/b20-15+,23-16+. The van der Waals surface area contributed by atoms with Gasteiger partial charge in [0.15, 0.2) is 11.6 Å². The maximum atomic E-state index is 12.5. The minimum atomic E-state index is -0.375. The van der Waals surface area contributed by atoms with E-state index in [1.807, 2.05) is 47.7 Å². The molecule has 9 heteroatoms. The van der Waals surface area contributed by atoms with Crippen molar-refractivity contribution in [3.63, 3.8) is 0 Å². The largest absolute Gasteiger partial charge is 0.498 e. The first-order valence-corrected chi connectivity index (χ1v) is 12.7. The number of terminal acetylenes is 1. The monoisotopic (exact) mass is 504 g/mol. The van der Waals surface area contributed by atoms with Gasteiger partial charge in [-0.25, -0.2) is 9.67 Å². The Hall–Kier alpha value is -4.31. The fourth-order valence-corrected chi connectivity index (χ4v) is 4.19. The van der Waals surface area contributed by atoms with E-state index in [9.17, 15) is 9.59 Å². The number of carbonyl (C=O) groups excluding carboxylic acids is 2. The lowest BCUT2D eigenvalue weighted by Crippen LogP contribution is -2.30. The van der Waals surface area contributed by atoms with Crippen LogP contribution in [-0.4, -0.2) is 59.1 Å². The highest BCUT2D eigenvalue weighted by molar-refractivity contribution is 6.38. The molecule has 3 aromatic rings. The summed E-state index contributed by atoms with van der Waals surface area (Å²) in [5, 5.41) is 4.24. The van der Waals surface area contributed by atoms with Gasteiger partial charge in [0.05, 0.1) is 11.1 Å². The molecule has 1 aliphatic rings. The number of hydrogen-bond acceptors (Lipinski definition) is 5. The predicted molar refractivity (Wildman–Crippen MR) is 154 cm³/mol. The summed E-state index contributed by atoms with van der Waals surface area (Å²) in [6.07, 6.45) is 13.2. The Morgan fingerprint density at radius 3 is 2.45 bits per heavy atom. The molecule has 4 rings (SSSR count). The lowest BCUT2D eigenvalue weighted by atomic mass is 9.67. The average molecular weight is 504 g/mol. The van der Waals surface area contributed by atoms with Crippen molar-refractivity contribution in [2.75, 3.05) is 6.54 Å². The van der Waals surface area contributed by atoms with Crippen LogP contribution in [0.5, 0.6) is 0 Å². The van der Waals surface area contributed by atoms with E-state index in [1.165, 1.54) is 4.90 Å². The number of imide groups is 1. The van der Waals surface area contributed by atoms with Gasteiger partial charge in [-0.1, -0.05) is 30.3 Å². The third kappa shape index (κ3) is 6.33. The summed E-state index contributed by atoms with van der Waals surface area (Å²) in [4.78, 5) is 30.9. The van der Waals surface area contributed by atoms with Crippen LogP contribution in [0, 0.1) is 12.3 Å². The van der Waals surface area contributed by atoms with Gasteiger partial charge in [0.2, 0.25) is 0 Å². The number of aryl methyl sites for hydroxylation is 1. The van der Waals surface area contributed by atoms with E-state index in [1.54, 1.807) is 41.4 Å². The highest BCUT2D eigenvalue weighted by Crippen LogP contribution is 2.23. The number of aromatic nitrogens is 3. The molecule has 2 aromatic carbocycles. The summed E-state index contributed by atoms with van der Waals surface area (Å²) in [5.74, 6) is 3.23. The van der Waals surface area contributed by atoms with Crippen molar-refractivity contribution < 1.29 is 14.3 Å². The Balaban J connectivity index is 1.35. The van der Waals surface area contributed by atoms with Gasteiger partial charge in [0.1, 0.15) is 22.0 Å². The zero-order valence-electron chi connectivity index (χ0n) is 22.3. The SMILES string of the molecule is BC(B)(C)O/C(C#C)=C/C=C(\C)n1cnc(-c2cccc(CCCCN3C(=O)c4ccccc4C3=O)c2)n1. The van der Waals surface area contributed by atoms with Gasteiger partial charge in [-0.2, -0.15) is 0 Å². The molecule has 0 saturated heterocycles. The Kier molecular flexibility index (Phi) is 8.02. The van der Waals surface area contributed by atoms with Gasteiger partial charge in [0, 0.05) is 23.2 Å². The average Bonchev–Trinajstić information content (AvgIpc) is 3.48. The molecule has 0 saturated carbocycles. The molecule has 38 heavy (non-hydrogen) atoms. The van der Waals surface area contributed by atoms with E-state index in [0.29, 0.717) is 29.3 Å². The minimum Gasteiger partial charge on any atom is -0.498 e. The third-order valence-corrected chi connectivity index (χ3v) is 6.05. The summed E-state index contributed by atoms with van der Waals surface area (Å²) in [6, 6.07) is 15.1. The second-order valence-corrected chi connectivity index (χ2v) is 10.2. The van der Waals surface area contributed by atoms with Crippen LogP contribution in [0.3, 0.4) is 0 Å². The van der Waals surface area contributed by atoms with Crippen molar-refractivity contribution in [1.82, 2.24) is 19.7 Å². The van der Waals surface area contributed by atoms with Gasteiger partial charge >= 0.3 is 0 Å². The second-order valence-electron chi connectivity index (χ2n) is 10.2. The van der Waals surface area contributed by atoms with Crippen LogP contribution >= 0.6 is 0 Å². The molecule has 0 bridgehead atoms. The second kappa shape index (κ2) is 11.4. The maximum Gasteiger partial charge on any atom is 0.261 e. The fraction of sp³-hybridized carbons (Fsp3) is 0.241. The molecular formula is C29H30B2N4O3. The van der Waals surface area contributed by atoms with Gasteiger partial charge in [-0.3, -0.25) is 14.5 Å². The normalized spacial score (nSPS) is 14.0. The molecule has 0 atom stereocenters. The molecule has 2 amide bonds. The number of hydrogen-bond donors (Lipinski definition) is 0. The highest BCUT2D eigenvalue weighted by Gasteiger charge is 2.34. The topological polar surface area (TPSA) is 77.3 Å². The van der Waals surface area contributed by atoms with Crippen molar-refractivity contribution in [2.45, 2.75) is 38.5 Å². The lowest BCUT2D eigenvalue weighted by molar-refractivity contribution is 0.0651. The van der Waals surface area contributed by atoms with Gasteiger partial charge in [-0.15, -0.1) is 11.5 Å². The highest BCUT2D eigenvalue weighted by atomic mass is 16.5. The molecule has 190 valence electrons. The fourth-order valence-electron chi connectivity index (χ4n) is 4.19. The molecule has 1 aromatic heterocycles. The van der Waals surface area contributed by atoms with Gasteiger partial charge < -0.3 is 4.74 Å². The molecule has 0 spiro atoms. The zero-order valence-corrected chi connectivity index (χ0v) is 22.3. The van der Waals surface area contributed by atoms with E-state index in [4.69, 9.17) is 11.2 Å². The van der Waals surface area contributed by atoms with Crippen molar-refractivity contribution >= 4 is 33.2 Å². The number of rotatable bonds is 10. The van der Waals surface area contributed by atoms with E-state index in [-0.39, 0.29) is 17.2 Å². The first-order valence-electron chi connectivity index (χ1n) is 12.7. The van der Waals surface area contributed by atoms with Crippen LogP contribution in [0.1, 0.15) is 53.0 Å². The smallest absolute Gasteiger partial charge is 0.261 e. The molecule has 0 aliphatic carbocycles. The van der Waals surface area contributed by atoms with Crippen molar-refractivity contribution in [1.29, 1.82) is 0 Å². The zero-order chi connectivity index (χ0) is 27.3. The summed E-state index contributed by atoms with van der Waals surface area (Å²) in [7, 11) is 3.89. The van der Waals surface area contributed by atoms with E-state index >= 15 is 0 Å². The van der Waals surface area contributed by atoms with Crippen LogP contribution < -0.4 is 0 Å². The molecule has 0 unspecified atom stereocenters. The third-order valence-electron chi connectivity index (χ3n) is 6.05. The number of amides is 2. The number of benzene rings is 2. The van der Waals surface area contributed by atoms with Crippen LogP contribution in [0.25, 0.3) is 17.1 Å². The Labute approximate surface area is 225 Å². The molecular weight excluding hydrogens is 474 g/mol. The molecule has 1 aliphatic heterocycles. The summed E-state index contributed by atoms with van der Waals surface area (Å²) in [6.45, 7) is 4.28. The van der Waals surface area contributed by atoms with Crippen molar-refractivity contribution in [2.24, 2.45) is 0 Å². The van der Waals surface area contributed by atoms with Gasteiger partial charge in [0.25, 0.3) is 11.8 Å². The van der Waals surface area contributed by atoms with E-state index in [2.05, 4.69) is 28.1 Å². The lowest BCUT2D eigenvalue weighted by Gasteiger charge is -2.21. The summed E-state index contributed by atoms with van der Waals surface area (Å²) >= 11 is 0. The first-order chi connectivity index (χ1) is 18.2. The number of ether oxygens (including phenoxy) is 1. The van der Waals surface area contributed by atoms with Crippen LogP contribution in [-0.2, 0) is 11.2 Å². The molecule has 0 N–H and O–H groups in total. The Morgan fingerprint density at radius 1 is 1.08 bits per heavy atom. The summed E-state index contributed by atoms with van der Waals surface area (Å²) < 4.78 is 7.45. The quantitative estimate of drug-likeness (QED) is 0.106. The molecule has 0 radical (unpaired) electrons. The first kappa shape index (κ1) is 26.7. The number of fused-ring (bicyclic) bond motifs is 1. The van der Waals surface area contributed by atoms with Crippen molar-refractivity contribution in [3.05, 3.63) is 89.5 Å². The van der Waals surface area contributed by atoms with Crippen LogP contribution in [0.15, 0.2) is 72.8 Å². The molecule has 7 nitrogen and oxygen atoms in total. The minimum absolute atomic E-state index is 0.202. The number of unbranched alkanes of at least 4 members (excludes halogenated alkanes) is 1. The Bertz CT molecular complexity index is 1430. The molecule has 0 fully saturated rings. The Morgan fingerprint density at radius 2 is 1.79 bits per heavy atom. The predicted octanol–water partition coefficient (Wildman–Crippen LogP) is 2.90. The van der Waals surface area contributed by atoms with Crippen LogP contribution in [0.2, 0.25) is 0 Å². The van der Waals surface area contributed by atoms with Crippen LogP contribution in [0.4, 0.5) is 0 Å². The molecule has 2 heterocycles. The number of carbonyl (C=O) groups is 2. The van der Waals surface area contributed by atoms with Crippen molar-refractivity contribution in [3.8, 4) is 23.7 Å². The number of allylic oxidation sites excluding steroid dienone is 4. The van der Waals surface area contributed by atoms with E-state index in [0.717, 1.165) is 36.1 Å². The number of nitrogens with zero attached hydrogens (tertiary/aromatic N) is 4.